The fourth-order valence-electron chi connectivity index (χ4n) is 3.33. The molecule has 2 amide bonds. The molecular formula is C27H28N4O4. The largest absolute Gasteiger partial charge is 0.504 e. The number of amides is 2. The Kier molecular flexibility index (Phi) is 8.61. The van der Waals surface area contributed by atoms with E-state index in [1.165, 1.54) is 24.4 Å². The number of hydrogen-bond donors (Lipinski definition) is 4. The molecule has 0 spiro atoms. The Hall–Kier alpha value is -4.59. The van der Waals surface area contributed by atoms with Crippen molar-refractivity contribution in [1.82, 2.24) is 10.7 Å². The van der Waals surface area contributed by atoms with E-state index in [4.69, 9.17) is 0 Å². The molecule has 0 aromatic heterocycles. The first-order chi connectivity index (χ1) is 16.9. The molecular weight excluding hydrogens is 444 g/mol. The van der Waals surface area contributed by atoms with Crippen LogP contribution in [0.25, 0.3) is 6.08 Å². The van der Waals surface area contributed by atoms with Gasteiger partial charge in [0.25, 0.3) is 11.8 Å². The summed E-state index contributed by atoms with van der Waals surface area (Å²) >= 11 is 0. The number of nitrogens with zero attached hydrogens (tertiary/aromatic N) is 2. The average Bonchev–Trinajstić information content (AvgIpc) is 2.88. The van der Waals surface area contributed by atoms with Crippen molar-refractivity contribution in [2.75, 3.05) is 18.0 Å². The molecule has 4 N–H and O–H groups in total. The van der Waals surface area contributed by atoms with Gasteiger partial charge in [0.1, 0.15) is 5.70 Å². The number of carbonyl (C=O) groups excluding carboxylic acids is 2. The molecule has 0 radical (unpaired) electrons. The lowest BCUT2D eigenvalue weighted by molar-refractivity contribution is -0.117. The third-order valence-corrected chi connectivity index (χ3v) is 5.24. The van der Waals surface area contributed by atoms with E-state index in [-0.39, 0.29) is 17.2 Å². The van der Waals surface area contributed by atoms with E-state index in [1.807, 2.05) is 24.3 Å². The lowest BCUT2D eigenvalue weighted by Gasteiger charge is -2.20. The predicted octanol–water partition coefficient (Wildman–Crippen LogP) is 3.87. The Morgan fingerprint density at radius 1 is 0.886 bits per heavy atom. The van der Waals surface area contributed by atoms with Crippen molar-refractivity contribution >= 4 is 29.8 Å². The van der Waals surface area contributed by atoms with E-state index >= 15 is 0 Å². The van der Waals surface area contributed by atoms with Gasteiger partial charge in [-0.1, -0.05) is 30.3 Å². The van der Waals surface area contributed by atoms with Crippen LogP contribution < -0.4 is 15.6 Å². The Balaban J connectivity index is 1.82. The van der Waals surface area contributed by atoms with Gasteiger partial charge in [-0.3, -0.25) is 9.59 Å². The van der Waals surface area contributed by atoms with Crippen molar-refractivity contribution in [2.24, 2.45) is 5.10 Å². The second-order valence-corrected chi connectivity index (χ2v) is 7.59. The molecule has 0 saturated heterocycles. The summed E-state index contributed by atoms with van der Waals surface area (Å²) in [6, 6.07) is 20.4. The monoisotopic (exact) mass is 472 g/mol. The van der Waals surface area contributed by atoms with Crippen molar-refractivity contribution in [3.8, 4) is 11.5 Å². The summed E-state index contributed by atoms with van der Waals surface area (Å²) in [5.41, 5.74) is 5.06. The van der Waals surface area contributed by atoms with Gasteiger partial charge in [0.15, 0.2) is 11.5 Å². The summed E-state index contributed by atoms with van der Waals surface area (Å²) in [6.07, 6.45) is 2.89. The zero-order valence-corrected chi connectivity index (χ0v) is 19.6. The number of phenolic OH excluding ortho intramolecular Hbond substituents is 2. The van der Waals surface area contributed by atoms with Crippen LogP contribution >= 0.6 is 0 Å². The molecule has 8 nitrogen and oxygen atoms in total. The maximum Gasteiger partial charge on any atom is 0.287 e. The number of phenols is 2. The molecule has 180 valence electrons. The van der Waals surface area contributed by atoms with Crippen LogP contribution in [0.1, 0.15) is 35.3 Å². The highest BCUT2D eigenvalue weighted by atomic mass is 16.3. The van der Waals surface area contributed by atoms with Crippen LogP contribution in [0.2, 0.25) is 0 Å². The van der Waals surface area contributed by atoms with Crippen LogP contribution in [-0.4, -0.2) is 41.3 Å². The van der Waals surface area contributed by atoms with Crippen LogP contribution in [0.5, 0.6) is 11.5 Å². The molecule has 0 aliphatic rings. The molecule has 0 unspecified atom stereocenters. The molecule has 3 aromatic rings. The highest BCUT2D eigenvalue weighted by molar-refractivity contribution is 6.05. The summed E-state index contributed by atoms with van der Waals surface area (Å²) in [4.78, 5) is 27.8. The van der Waals surface area contributed by atoms with Gasteiger partial charge in [0, 0.05) is 24.3 Å². The Bertz CT molecular complexity index is 1220. The first kappa shape index (κ1) is 25.0. The maximum absolute atomic E-state index is 12.9. The maximum atomic E-state index is 12.9. The van der Waals surface area contributed by atoms with Gasteiger partial charge < -0.3 is 20.4 Å². The number of hydrogen-bond acceptors (Lipinski definition) is 6. The lowest BCUT2D eigenvalue weighted by atomic mass is 10.1. The number of benzene rings is 3. The molecule has 0 aliphatic carbocycles. The molecule has 35 heavy (non-hydrogen) atoms. The van der Waals surface area contributed by atoms with E-state index in [1.54, 1.807) is 36.4 Å². The van der Waals surface area contributed by atoms with Crippen molar-refractivity contribution < 1.29 is 19.8 Å². The normalized spacial score (nSPS) is 11.3. The number of hydrazone groups is 1. The topological polar surface area (TPSA) is 114 Å². The van der Waals surface area contributed by atoms with Crippen molar-refractivity contribution in [2.45, 2.75) is 13.8 Å². The SMILES string of the molecule is CCN(CC)c1ccc(/C=C(/NC(=O)c2ccccc2)C(=O)N/N=C/c2ccc(O)c(O)c2)cc1. The third-order valence-electron chi connectivity index (χ3n) is 5.24. The van der Waals surface area contributed by atoms with Crippen LogP contribution in [-0.2, 0) is 4.79 Å². The Morgan fingerprint density at radius 3 is 2.17 bits per heavy atom. The molecule has 0 atom stereocenters. The summed E-state index contributed by atoms with van der Waals surface area (Å²) in [7, 11) is 0. The van der Waals surface area contributed by atoms with Gasteiger partial charge >= 0.3 is 0 Å². The molecule has 0 bridgehead atoms. The van der Waals surface area contributed by atoms with E-state index in [9.17, 15) is 19.8 Å². The van der Waals surface area contributed by atoms with E-state index in [0.717, 1.165) is 24.3 Å². The lowest BCUT2D eigenvalue weighted by Crippen LogP contribution is -2.32. The number of nitrogens with one attached hydrogen (secondary N) is 2. The van der Waals surface area contributed by atoms with E-state index in [0.29, 0.717) is 11.1 Å². The molecule has 0 saturated carbocycles. The van der Waals surface area contributed by atoms with Crippen LogP contribution in [0.3, 0.4) is 0 Å². The molecule has 0 heterocycles. The second kappa shape index (κ2) is 12.0. The van der Waals surface area contributed by atoms with Crippen LogP contribution in [0, 0.1) is 0 Å². The standard InChI is InChI=1S/C27H28N4O4/c1-3-31(4-2)22-13-10-19(11-14-22)16-23(29-26(34)21-8-6-5-7-9-21)27(35)30-28-18-20-12-15-24(32)25(33)17-20/h5-18,32-33H,3-4H2,1-2H3,(H,29,34)(H,30,35)/b23-16+,28-18+. The first-order valence-corrected chi connectivity index (χ1v) is 11.2. The van der Waals surface area contributed by atoms with Crippen molar-refractivity contribution in [3.05, 3.63) is 95.2 Å². The third kappa shape index (κ3) is 6.94. The van der Waals surface area contributed by atoms with Gasteiger partial charge in [-0.15, -0.1) is 0 Å². The summed E-state index contributed by atoms with van der Waals surface area (Å²) in [5.74, 6) is -1.61. The summed E-state index contributed by atoms with van der Waals surface area (Å²) < 4.78 is 0. The average molecular weight is 473 g/mol. The predicted molar refractivity (Wildman–Crippen MR) is 137 cm³/mol. The fraction of sp³-hybridized carbons (Fsp3) is 0.148. The van der Waals surface area contributed by atoms with Crippen molar-refractivity contribution in [1.29, 1.82) is 0 Å². The fourth-order valence-corrected chi connectivity index (χ4v) is 3.33. The van der Waals surface area contributed by atoms with Gasteiger partial charge in [-0.25, -0.2) is 5.43 Å². The van der Waals surface area contributed by atoms with E-state index in [2.05, 4.69) is 34.6 Å². The summed E-state index contributed by atoms with van der Waals surface area (Å²) in [5, 5.41) is 25.6. The number of aromatic hydroxyl groups is 2. The molecule has 8 heteroatoms. The van der Waals surface area contributed by atoms with Gasteiger partial charge in [0.05, 0.1) is 6.21 Å². The minimum atomic E-state index is -0.624. The molecule has 3 rings (SSSR count). The quantitative estimate of drug-likeness (QED) is 0.163. The zero-order valence-electron chi connectivity index (χ0n) is 19.6. The molecule has 3 aromatic carbocycles. The Labute approximate surface area is 204 Å². The highest BCUT2D eigenvalue weighted by Gasteiger charge is 2.14. The number of carbonyl (C=O) groups is 2. The van der Waals surface area contributed by atoms with Gasteiger partial charge in [-0.05, 0) is 73.5 Å². The molecule has 0 fully saturated rings. The highest BCUT2D eigenvalue weighted by Crippen LogP contribution is 2.24. The first-order valence-electron chi connectivity index (χ1n) is 11.2. The molecule has 0 aliphatic heterocycles. The van der Waals surface area contributed by atoms with Gasteiger partial charge in [0.2, 0.25) is 0 Å². The van der Waals surface area contributed by atoms with Crippen molar-refractivity contribution in [3.63, 3.8) is 0 Å². The summed E-state index contributed by atoms with van der Waals surface area (Å²) in [6.45, 7) is 5.92. The smallest absolute Gasteiger partial charge is 0.287 e. The number of rotatable bonds is 9. The Morgan fingerprint density at radius 2 is 1.54 bits per heavy atom. The van der Waals surface area contributed by atoms with E-state index < -0.39 is 11.8 Å². The minimum absolute atomic E-state index is 0.0140. The van der Waals surface area contributed by atoms with Crippen LogP contribution in [0.4, 0.5) is 5.69 Å². The zero-order chi connectivity index (χ0) is 25.2. The van der Waals surface area contributed by atoms with Crippen LogP contribution in [0.15, 0.2) is 83.6 Å². The number of anilines is 1. The van der Waals surface area contributed by atoms with Gasteiger partial charge in [-0.2, -0.15) is 5.10 Å². The minimum Gasteiger partial charge on any atom is -0.504 e. The second-order valence-electron chi connectivity index (χ2n) is 7.59.